The van der Waals surface area contributed by atoms with Crippen molar-refractivity contribution in [3.8, 4) is 33.6 Å². The molecule has 2 aromatic carbocycles. The van der Waals surface area contributed by atoms with Gasteiger partial charge in [-0.15, -0.1) is 0 Å². The Labute approximate surface area is 287 Å². The first-order chi connectivity index (χ1) is 24.2. The van der Waals surface area contributed by atoms with Crippen LogP contribution in [0.2, 0.25) is 0 Å². The third-order valence-electron chi connectivity index (χ3n) is 10.2. The Bertz CT molecular complexity index is 1800. The number of ether oxygens (including phenoxy) is 2. The summed E-state index contributed by atoms with van der Waals surface area (Å²) in [6, 6.07) is 14.7. The predicted octanol–water partition coefficient (Wildman–Crippen LogP) is 4.45. The van der Waals surface area contributed by atoms with E-state index in [1.54, 1.807) is 36.0 Å². The molecule has 0 aliphatic carbocycles. The maximum atomic E-state index is 13.2. The fourth-order valence-corrected chi connectivity index (χ4v) is 7.53. The van der Waals surface area contributed by atoms with Gasteiger partial charge in [0.1, 0.15) is 35.9 Å². The van der Waals surface area contributed by atoms with E-state index in [0.717, 1.165) is 71.0 Å². The van der Waals surface area contributed by atoms with Gasteiger partial charge >= 0.3 is 12.2 Å². The molecule has 0 radical (unpaired) electrons. The first kappa shape index (κ1) is 31.6. The molecule has 6 atom stereocenters. The van der Waals surface area contributed by atoms with Crippen LogP contribution >= 0.6 is 0 Å². The number of likely N-dealkylation sites (tertiary alicyclic amines) is 2. The summed E-state index contributed by atoms with van der Waals surface area (Å²) in [5, 5.41) is 5.26. The normalized spacial score (nSPS) is 26.1. The highest BCUT2D eigenvalue weighted by Crippen LogP contribution is 2.35. The number of H-pyrrole nitrogens is 2. The number of benzene rings is 2. The number of alkyl carbamates (subject to hydrolysis) is 2. The number of imidazole rings is 2. The molecular formula is C36H38N8O6. The molecule has 14 heteroatoms. The Morgan fingerprint density at radius 1 is 0.640 bits per heavy atom. The molecule has 0 bridgehead atoms. The summed E-state index contributed by atoms with van der Waals surface area (Å²) in [7, 11) is 0. The molecular weight excluding hydrogens is 640 g/mol. The summed E-state index contributed by atoms with van der Waals surface area (Å²) in [5.74, 6) is 1.15. The quantitative estimate of drug-likeness (QED) is 0.222. The predicted molar refractivity (Wildman–Crippen MR) is 180 cm³/mol. The van der Waals surface area contributed by atoms with Crippen LogP contribution in [0.5, 0.6) is 0 Å². The SMILES string of the molecule is C[C@H]1OC(=O)N[C@@H]1C(=O)N1CCC[C@H]1c1ncc(-c2ccc(-c3ccc(-c4cnc([C@@H]5CCCN5C(=O)[C@H]5NC(=O)O[C@@H]5C)[nH]4)cc3)cc2)[nH]1. The third-order valence-corrected chi connectivity index (χ3v) is 10.2. The van der Waals surface area contributed by atoms with Crippen LogP contribution < -0.4 is 10.6 Å². The second-order valence-corrected chi connectivity index (χ2v) is 13.4. The van der Waals surface area contributed by atoms with Crippen molar-refractivity contribution in [2.75, 3.05) is 13.1 Å². The zero-order valence-electron chi connectivity index (χ0n) is 27.7. The average Bonchev–Trinajstić information content (AvgIpc) is 3.97. The zero-order chi connectivity index (χ0) is 34.5. The molecule has 4 aliphatic rings. The number of amides is 4. The molecule has 14 nitrogen and oxygen atoms in total. The summed E-state index contributed by atoms with van der Waals surface area (Å²) in [4.78, 5) is 69.5. The highest BCUT2D eigenvalue weighted by Gasteiger charge is 2.44. The Kier molecular flexibility index (Phi) is 8.00. The fraction of sp³-hybridized carbons (Fsp3) is 0.389. The van der Waals surface area contributed by atoms with E-state index in [9.17, 15) is 19.2 Å². The van der Waals surface area contributed by atoms with Crippen LogP contribution in [0, 0.1) is 0 Å². The lowest BCUT2D eigenvalue weighted by Gasteiger charge is -2.26. The summed E-state index contributed by atoms with van der Waals surface area (Å²) in [6.07, 6.45) is 4.72. The van der Waals surface area contributed by atoms with Gasteiger partial charge in [0.25, 0.3) is 0 Å². The molecule has 0 spiro atoms. The molecule has 8 rings (SSSR count). The average molecular weight is 679 g/mol. The number of carbonyl (C=O) groups excluding carboxylic acids is 4. The van der Waals surface area contributed by atoms with E-state index in [0.29, 0.717) is 13.1 Å². The van der Waals surface area contributed by atoms with Gasteiger partial charge in [-0.25, -0.2) is 19.6 Å². The van der Waals surface area contributed by atoms with Gasteiger partial charge in [0.2, 0.25) is 11.8 Å². The van der Waals surface area contributed by atoms with Gasteiger partial charge in [0.15, 0.2) is 0 Å². The van der Waals surface area contributed by atoms with Crippen LogP contribution in [0.25, 0.3) is 33.6 Å². The maximum absolute atomic E-state index is 13.2. The van der Waals surface area contributed by atoms with E-state index in [1.807, 2.05) is 24.3 Å². The number of nitrogens with zero attached hydrogens (tertiary/aromatic N) is 4. The number of hydrogen-bond donors (Lipinski definition) is 4. The molecule has 4 N–H and O–H groups in total. The van der Waals surface area contributed by atoms with Crippen molar-refractivity contribution in [3.63, 3.8) is 0 Å². The van der Waals surface area contributed by atoms with Gasteiger partial charge in [-0.1, -0.05) is 48.5 Å². The molecule has 4 fully saturated rings. The first-order valence-electron chi connectivity index (χ1n) is 17.1. The summed E-state index contributed by atoms with van der Waals surface area (Å²) >= 11 is 0. The van der Waals surface area contributed by atoms with E-state index in [-0.39, 0.29) is 23.9 Å². The standard InChI is InChI=1S/C36H38N8O6/c1-19-29(41-35(47)49-19)33(45)43-15-3-5-27(43)31-37-17-25(39-31)23-11-7-21(8-12-23)22-9-13-24(14-10-22)26-18-38-32(40-26)28-6-4-16-44(28)34(46)30-20(2)50-36(48)42-30/h7-14,17-20,27-30H,3-6,15-16H2,1-2H3,(H,37,39)(H,38,40)(H,41,47)(H,42,48)/t19-,20-,27+,28+,29+,30+/m1/s1. The molecule has 2 aromatic heterocycles. The highest BCUT2D eigenvalue weighted by molar-refractivity contribution is 5.90. The molecule has 258 valence electrons. The van der Waals surface area contributed by atoms with E-state index in [2.05, 4.69) is 54.8 Å². The van der Waals surface area contributed by atoms with Crippen LogP contribution in [0.4, 0.5) is 9.59 Å². The number of cyclic esters (lactones) is 2. The van der Waals surface area contributed by atoms with Crippen molar-refractivity contribution < 1.29 is 28.7 Å². The van der Waals surface area contributed by atoms with Crippen LogP contribution in [0.3, 0.4) is 0 Å². The van der Waals surface area contributed by atoms with Crippen molar-refractivity contribution in [1.29, 1.82) is 0 Å². The molecule has 4 amide bonds. The van der Waals surface area contributed by atoms with Gasteiger partial charge in [0, 0.05) is 13.1 Å². The van der Waals surface area contributed by atoms with Crippen molar-refractivity contribution in [1.82, 2.24) is 40.4 Å². The third kappa shape index (κ3) is 5.73. The number of nitrogens with one attached hydrogen (secondary N) is 4. The van der Waals surface area contributed by atoms with Crippen LogP contribution in [-0.4, -0.2) is 91.1 Å². The van der Waals surface area contributed by atoms with Crippen molar-refractivity contribution in [2.45, 2.75) is 75.9 Å². The number of aromatic nitrogens is 4. The molecule has 0 unspecified atom stereocenters. The second kappa shape index (κ2) is 12.7. The van der Waals surface area contributed by atoms with Crippen LogP contribution in [-0.2, 0) is 19.1 Å². The molecule has 0 saturated carbocycles. The monoisotopic (exact) mass is 678 g/mol. The number of carbonyl (C=O) groups is 4. The summed E-state index contributed by atoms with van der Waals surface area (Å²) in [6.45, 7) is 4.65. The fourth-order valence-electron chi connectivity index (χ4n) is 7.53. The van der Waals surface area contributed by atoms with Gasteiger partial charge < -0.3 is 39.9 Å². The lowest BCUT2D eigenvalue weighted by molar-refractivity contribution is -0.136. The largest absolute Gasteiger partial charge is 0.444 e. The molecule has 6 heterocycles. The lowest BCUT2D eigenvalue weighted by Crippen LogP contribution is -2.47. The Morgan fingerprint density at radius 3 is 1.38 bits per heavy atom. The van der Waals surface area contributed by atoms with Gasteiger partial charge in [0.05, 0.1) is 35.9 Å². The van der Waals surface area contributed by atoms with Gasteiger partial charge in [-0.05, 0) is 61.8 Å². The summed E-state index contributed by atoms with van der Waals surface area (Å²) in [5.41, 5.74) is 5.80. The van der Waals surface area contributed by atoms with Crippen LogP contribution in [0.15, 0.2) is 60.9 Å². The Morgan fingerprint density at radius 2 is 1.02 bits per heavy atom. The Balaban J connectivity index is 0.921. The van der Waals surface area contributed by atoms with E-state index in [4.69, 9.17) is 9.47 Å². The minimum atomic E-state index is -0.690. The molecule has 50 heavy (non-hydrogen) atoms. The highest BCUT2D eigenvalue weighted by atomic mass is 16.6. The zero-order valence-corrected chi connectivity index (χ0v) is 27.7. The van der Waals surface area contributed by atoms with E-state index in [1.165, 1.54) is 0 Å². The number of rotatable bonds is 7. The van der Waals surface area contributed by atoms with E-state index < -0.39 is 36.5 Å². The van der Waals surface area contributed by atoms with Crippen molar-refractivity contribution in [3.05, 3.63) is 72.6 Å². The summed E-state index contributed by atoms with van der Waals surface area (Å²) < 4.78 is 10.2. The first-order valence-corrected chi connectivity index (χ1v) is 17.1. The number of hydrogen-bond acceptors (Lipinski definition) is 8. The van der Waals surface area contributed by atoms with Crippen LogP contribution in [0.1, 0.15) is 63.3 Å². The van der Waals surface area contributed by atoms with Gasteiger partial charge in [-0.3, -0.25) is 9.59 Å². The minimum Gasteiger partial charge on any atom is -0.444 e. The molecule has 4 saturated heterocycles. The van der Waals surface area contributed by atoms with Crippen molar-refractivity contribution in [2.24, 2.45) is 0 Å². The lowest BCUT2D eigenvalue weighted by atomic mass is 10.0. The van der Waals surface area contributed by atoms with E-state index >= 15 is 0 Å². The Hall–Kier alpha value is -5.66. The smallest absolute Gasteiger partial charge is 0.408 e. The minimum absolute atomic E-state index is 0.151. The molecule has 4 aromatic rings. The topological polar surface area (TPSA) is 175 Å². The van der Waals surface area contributed by atoms with Gasteiger partial charge in [-0.2, -0.15) is 0 Å². The van der Waals surface area contributed by atoms with Crippen molar-refractivity contribution >= 4 is 24.0 Å². The number of aromatic amines is 2. The second-order valence-electron chi connectivity index (χ2n) is 13.4. The molecule has 4 aliphatic heterocycles. The maximum Gasteiger partial charge on any atom is 0.408 e.